The Morgan fingerprint density at radius 2 is 2.30 bits per heavy atom. The minimum absolute atomic E-state index is 0.390. The molecule has 2 atom stereocenters. The topological polar surface area (TPSA) is 20.2 Å². The molecule has 0 aliphatic heterocycles. The zero-order valence-corrected chi connectivity index (χ0v) is 6.89. The minimum Gasteiger partial charge on any atom is -0.385 e. The molecule has 0 radical (unpaired) electrons. The molecule has 0 aromatic heterocycles. The fourth-order valence-electron chi connectivity index (χ4n) is 0.885. The largest absolute Gasteiger partial charge is 0.385 e. The lowest BCUT2D eigenvalue weighted by Crippen LogP contribution is -2.20. The summed E-state index contributed by atoms with van der Waals surface area (Å²) < 4.78 is 0. The Bertz CT molecular complexity index is 191. The molecule has 56 valence electrons. The zero-order chi connectivity index (χ0) is 7.78. The first-order chi connectivity index (χ1) is 4.52. The van der Waals surface area contributed by atoms with Crippen molar-refractivity contribution in [2.45, 2.75) is 24.8 Å². The maximum absolute atomic E-state index is 9.09. The highest BCUT2D eigenvalue weighted by atomic mass is 35.5. The Balaban J connectivity index is 2.87. The highest BCUT2D eigenvalue weighted by Gasteiger charge is 2.22. The van der Waals surface area contributed by atoms with Gasteiger partial charge in [0.25, 0.3) is 0 Å². The van der Waals surface area contributed by atoms with Crippen LogP contribution in [0, 0.1) is 0 Å². The summed E-state index contributed by atoms with van der Waals surface area (Å²) in [6.45, 7) is 3.82. The van der Waals surface area contributed by atoms with Crippen molar-refractivity contribution in [1.29, 1.82) is 0 Å². The first-order valence-corrected chi connectivity index (χ1v) is 3.65. The molecule has 1 aliphatic rings. The summed E-state index contributed by atoms with van der Waals surface area (Å²) in [5, 5.41) is 9.09. The van der Waals surface area contributed by atoms with Crippen LogP contribution in [0.3, 0.4) is 0 Å². The maximum atomic E-state index is 9.09. The van der Waals surface area contributed by atoms with Gasteiger partial charge in [-0.25, -0.2) is 0 Å². The van der Waals surface area contributed by atoms with Gasteiger partial charge in [0.05, 0.1) is 11.0 Å². The van der Waals surface area contributed by atoms with Gasteiger partial charge < -0.3 is 5.11 Å². The van der Waals surface area contributed by atoms with Gasteiger partial charge >= 0.3 is 0 Å². The van der Waals surface area contributed by atoms with Gasteiger partial charge in [0, 0.05) is 0 Å². The number of rotatable bonds is 0. The van der Waals surface area contributed by atoms with E-state index >= 15 is 0 Å². The third-order valence-corrected chi connectivity index (χ3v) is 2.22. The lowest BCUT2D eigenvalue weighted by Gasteiger charge is -2.23. The Labute approximate surface area is 66.0 Å². The molecule has 1 aliphatic carbocycles. The van der Waals surface area contributed by atoms with Crippen LogP contribution in [0.5, 0.6) is 0 Å². The Morgan fingerprint density at radius 1 is 1.70 bits per heavy atom. The van der Waals surface area contributed by atoms with Crippen molar-refractivity contribution in [2.75, 3.05) is 0 Å². The van der Waals surface area contributed by atoms with Gasteiger partial charge in [-0.05, 0) is 13.8 Å². The lowest BCUT2D eigenvalue weighted by molar-refractivity contribution is 0.267. The van der Waals surface area contributed by atoms with E-state index in [4.69, 9.17) is 16.7 Å². The van der Waals surface area contributed by atoms with Crippen molar-refractivity contribution in [3.05, 3.63) is 23.8 Å². The fourth-order valence-corrected chi connectivity index (χ4v) is 1.02. The highest BCUT2D eigenvalue weighted by Crippen LogP contribution is 2.29. The van der Waals surface area contributed by atoms with E-state index in [1.54, 1.807) is 12.2 Å². The molecule has 2 heteroatoms. The lowest BCUT2D eigenvalue weighted by atomic mass is 9.95. The summed E-state index contributed by atoms with van der Waals surface area (Å²) in [5.74, 6) is 0. The molecule has 10 heavy (non-hydrogen) atoms. The molecule has 0 fully saturated rings. The van der Waals surface area contributed by atoms with Gasteiger partial charge in [-0.2, -0.15) is 0 Å². The van der Waals surface area contributed by atoms with Gasteiger partial charge in [-0.1, -0.05) is 23.8 Å². The van der Waals surface area contributed by atoms with E-state index in [-0.39, 0.29) is 4.87 Å². The van der Waals surface area contributed by atoms with Gasteiger partial charge in [-0.15, -0.1) is 11.6 Å². The number of aliphatic hydroxyl groups is 1. The molecular weight excluding hydrogens is 148 g/mol. The summed E-state index contributed by atoms with van der Waals surface area (Å²) in [7, 11) is 0. The number of allylic oxidation sites excluding steroid dienone is 2. The average Bonchev–Trinajstić information content (AvgIpc) is 1.81. The predicted octanol–water partition coefficient (Wildman–Crippen LogP) is 1.86. The summed E-state index contributed by atoms with van der Waals surface area (Å²) >= 11 is 6.02. The van der Waals surface area contributed by atoms with Gasteiger partial charge in [0.2, 0.25) is 0 Å². The van der Waals surface area contributed by atoms with E-state index < -0.39 is 6.10 Å². The van der Waals surface area contributed by atoms with Crippen molar-refractivity contribution in [3.8, 4) is 0 Å². The summed E-state index contributed by atoms with van der Waals surface area (Å²) in [6.07, 6.45) is 4.81. The van der Waals surface area contributed by atoms with Crippen LogP contribution < -0.4 is 0 Å². The monoisotopic (exact) mass is 158 g/mol. The summed E-state index contributed by atoms with van der Waals surface area (Å²) in [6, 6.07) is 0. The molecule has 0 aromatic rings. The van der Waals surface area contributed by atoms with Crippen LogP contribution >= 0.6 is 11.6 Å². The third-order valence-electron chi connectivity index (χ3n) is 1.80. The number of hydrogen-bond acceptors (Lipinski definition) is 1. The molecule has 0 aromatic carbocycles. The van der Waals surface area contributed by atoms with Crippen molar-refractivity contribution >= 4 is 11.6 Å². The van der Waals surface area contributed by atoms with Crippen LogP contribution in [0.4, 0.5) is 0 Å². The molecule has 0 amide bonds. The molecule has 1 rings (SSSR count). The van der Waals surface area contributed by atoms with Crippen molar-refractivity contribution in [2.24, 2.45) is 0 Å². The predicted molar refractivity (Wildman–Crippen MR) is 43.2 cm³/mol. The minimum atomic E-state index is -0.452. The van der Waals surface area contributed by atoms with Gasteiger partial charge in [-0.3, -0.25) is 0 Å². The van der Waals surface area contributed by atoms with E-state index in [1.807, 2.05) is 19.9 Å². The zero-order valence-electron chi connectivity index (χ0n) is 6.13. The summed E-state index contributed by atoms with van der Waals surface area (Å²) in [4.78, 5) is -0.390. The molecule has 0 spiro atoms. The second kappa shape index (κ2) is 2.40. The molecule has 0 saturated carbocycles. The maximum Gasteiger partial charge on any atom is 0.0906 e. The van der Waals surface area contributed by atoms with Crippen LogP contribution in [0.15, 0.2) is 23.8 Å². The van der Waals surface area contributed by atoms with Crippen LogP contribution in [0.1, 0.15) is 13.8 Å². The highest BCUT2D eigenvalue weighted by molar-refractivity contribution is 6.27. The first-order valence-electron chi connectivity index (χ1n) is 3.27. The van der Waals surface area contributed by atoms with E-state index in [1.165, 1.54) is 0 Å². The molecule has 0 heterocycles. The molecule has 0 saturated heterocycles. The van der Waals surface area contributed by atoms with Crippen LogP contribution in [-0.2, 0) is 0 Å². The van der Waals surface area contributed by atoms with Crippen molar-refractivity contribution in [3.63, 3.8) is 0 Å². The fraction of sp³-hybridized carbons (Fsp3) is 0.500. The SMILES string of the molecule is CC1=CC(O)C=CC1(C)Cl. The number of hydrogen-bond donors (Lipinski definition) is 1. The first kappa shape index (κ1) is 7.83. The van der Waals surface area contributed by atoms with Gasteiger partial charge in [0.15, 0.2) is 0 Å². The van der Waals surface area contributed by atoms with Crippen LogP contribution in [0.25, 0.3) is 0 Å². The van der Waals surface area contributed by atoms with E-state index in [0.29, 0.717) is 0 Å². The normalized spacial score (nSPS) is 39.6. The average molecular weight is 159 g/mol. The molecule has 0 bridgehead atoms. The smallest absolute Gasteiger partial charge is 0.0906 e. The molecular formula is C8H11ClO. The molecule has 2 unspecified atom stereocenters. The molecule has 1 nitrogen and oxygen atoms in total. The Kier molecular flexibility index (Phi) is 1.88. The standard InChI is InChI=1S/C8H11ClO/c1-6-5-7(10)3-4-8(6,2)9/h3-5,7,10H,1-2H3. The second-order valence-corrected chi connectivity index (χ2v) is 3.56. The number of alkyl halides is 1. The quantitative estimate of drug-likeness (QED) is 0.422. The number of halogens is 1. The molecule has 1 N–H and O–H groups in total. The van der Waals surface area contributed by atoms with E-state index in [0.717, 1.165) is 5.57 Å². The van der Waals surface area contributed by atoms with Crippen LogP contribution in [-0.4, -0.2) is 16.1 Å². The van der Waals surface area contributed by atoms with Crippen molar-refractivity contribution in [1.82, 2.24) is 0 Å². The van der Waals surface area contributed by atoms with Crippen molar-refractivity contribution < 1.29 is 5.11 Å². The third kappa shape index (κ3) is 1.41. The Hall–Kier alpha value is -0.270. The number of aliphatic hydroxyl groups excluding tert-OH is 1. The Morgan fingerprint density at radius 3 is 2.70 bits per heavy atom. The van der Waals surface area contributed by atoms with E-state index in [2.05, 4.69) is 0 Å². The second-order valence-electron chi connectivity index (χ2n) is 2.77. The summed E-state index contributed by atoms with van der Waals surface area (Å²) in [5.41, 5.74) is 1.00. The van der Waals surface area contributed by atoms with Gasteiger partial charge in [0.1, 0.15) is 0 Å². The van der Waals surface area contributed by atoms with E-state index in [9.17, 15) is 0 Å². The van der Waals surface area contributed by atoms with Crippen LogP contribution in [0.2, 0.25) is 0 Å².